The van der Waals surface area contributed by atoms with Crippen molar-refractivity contribution in [2.24, 2.45) is 17.6 Å². The van der Waals surface area contributed by atoms with Crippen LogP contribution in [0.3, 0.4) is 0 Å². The van der Waals surface area contributed by atoms with E-state index in [0.717, 1.165) is 0 Å². The topological polar surface area (TPSA) is 26.0 Å². The first-order chi connectivity index (χ1) is 4.09. The monoisotopic (exact) mass is 129 g/mol. The van der Waals surface area contributed by atoms with Crippen LogP contribution in [-0.4, -0.2) is 6.04 Å². The zero-order chi connectivity index (χ0) is 7.44. The second-order valence-electron chi connectivity index (χ2n) is 3.21. The maximum Gasteiger partial charge on any atom is 0.00876 e. The van der Waals surface area contributed by atoms with Gasteiger partial charge in [0, 0.05) is 6.04 Å². The molecule has 1 unspecified atom stereocenters. The van der Waals surface area contributed by atoms with E-state index in [9.17, 15) is 0 Å². The Morgan fingerprint density at radius 3 is 1.78 bits per heavy atom. The Kier molecular flexibility index (Phi) is 3.87. The van der Waals surface area contributed by atoms with Gasteiger partial charge in [-0.1, -0.05) is 34.1 Å². The smallest absolute Gasteiger partial charge is 0.00876 e. The molecule has 1 heteroatoms. The Bertz CT molecular complexity index is 69.0. The molecular weight excluding hydrogens is 110 g/mol. The first kappa shape index (κ1) is 8.96. The second-order valence-corrected chi connectivity index (χ2v) is 3.21. The molecule has 1 nitrogen and oxygen atoms in total. The number of rotatable bonds is 3. The van der Waals surface area contributed by atoms with Gasteiger partial charge in [-0.3, -0.25) is 0 Å². The molecule has 0 spiro atoms. The molecule has 0 saturated heterocycles. The van der Waals surface area contributed by atoms with E-state index in [2.05, 4.69) is 27.7 Å². The van der Waals surface area contributed by atoms with Crippen molar-refractivity contribution in [3.63, 3.8) is 0 Å². The van der Waals surface area contributed by atoms with Gasteiger partial charge in [0.25, 0.3) is 0 Å². The molecule has 0 amide bonds. The highest BCUT2D eigenvalue weighted by Gasteiger charge is 2.13. The third kappa shape index (κ3) is 2.85. The predicted octanol–water partition coefficient (Wildman–Crippen LogP) is 2.02. The molecule has 0 saturated carbocycles. The predicted molar refractivity (Wildman–Crippen MR) is 42.3 cm³/mol. The van der Waals surface area contributed by atoms with E-state index in [1.54, 1.807) is 0 Å². The second kappa shape index (κ2) is 3.89. The van der Waals surface area contributed by atoms with E-state index in [4.69, 9.17) is 5.73 Å². The zero-order valence-electron chi connectivity index (χ0n) is 7.02. The van der Waals surface area contributed by atoms with Crippen molar-refractivity contribution in [2.75, 3.05) is 0 Å². The van der Waals surface area contributed by atoms with Crippen LogP contribution in [0.4, 0.5) is 0 Å². The largest absolute Gasteiger partial charge is 0.327 e. The summed E-state index contributed by atoms with van der Waals surface area (Å²) >= 11 is 0. The lowest BCUT2D eigenvalue weighted by molar-refractivity contribution is 0.356. The Hall–Kier alpha value is -0.0400. The van der Waals surface area contributed by atoms with Crippen LogP contribution in [0.15, 0.2) is 0 Å². The Labute approximate surface area is 58.6 Å². The molecule has 0 aliphatic rings. The molecule has 0 aliphatic carbocycles. The van der Waals surface area contributed by atoms with E-state index in [1.807, 2.05) is 0 Å². The van der Waals surface area contributed by atoms with E-state index < -0.39 is 0 Å². The molecule has 2 N–H and O–H groups in total. The van der Waals surface area contributed by atoms with Crippen LogP contribution in [0.1, 0.15) is 34.1 Å². The lowest BCUT2D eigenvalue weighted by atomic mass is 9.91. The van der Waals surface area contributed by atoms with Crippen molar-refractivity contribution in [3.05, 3.63) is 0 Å². The van der Waals surface area contributed by atoms with Gasteiger partial charge in [-0.05, 0) is 11.8 Å². The fourth-order valence-corrected chi connectivity index (χ4v) is 0.929. The van der Waals surface area contributed by atoms with Crippen LogP contribution in [0.5, 0.6) is 0 Å². The summed E-state index contributed by atoms with van der Waals surface area (Å²) in [5, 5.41) is 0. The quantitative estimate of drug-likeness (QED) is 0.620. The number of hydrogen-bond acceptors (Lipinski definition) is 1. The zero-order valence-corrected chi connectivity index (χ0v) is 7.02. The average Bonchev–Trinajstić information content (AvgIpc) is 1.84. The molecular formula is C8H19N. The summed E-state index contributed by atoms with van der Waals surface area (Å²) in [6.07, 6.45) is 1.19. The molecule has 56 valence electrons. The molecule has 0 radical (unpaired) electrons. The van der Waals surface area contributed by atoms with Crippen molar-refractivity contribution in [3.8, 4) is 0 Å². The van der Waals surface area contributed by atoms with Gasteiger partial charge < -0.3 is 5.73 Å². The lowest BCUT2D eigenvalue weighted by Gasteiger charge is -2.21. The van der Waals surface area contributed by atoms with Crippen molar-refractivity contribution in [2.45, 2.75) is 40.2 Å². The van der Waals surface area contributed by atoms with Gasteiger partial charge in [0.05, 0.1) is 0 Å². The van der Waals surface area contributed by atoms with Gasteiger partial charge in [-0.2, -0.15) is 0 Å². The summed E-state index contributed by atoms with van der Waals surface area (Å²) < 4.78 is 0. The summed E-state index contributed by atoms with van der Waals surface area (Å²) in [4.78, 5) is 0. The maximum absolute atomic E-state index is 5.87. The van der Waals surface area contributed by atoms with Gasteiger partial charge in [0.15, 0.2) is 0 Å². The minimum atomic E-state index is 0.384. The third-order valence-corrected chi connectivity index (χ3v) is 2.07. The Balaban J connectivity index is 3.58. The van der Waals surface area contributed by atoms with Crippen LogP contribution < -0.4 is 5.73 Å². The highest BCUT2D eigenvalue weighted by atomic mass is 14.7. The van der Waals surface area contributed by atoms with Crippen molar-refractivity contribution < 1.29 is 0 Å². The van der Waals surface area contributed by atoms with E-state index in [-0.39, 0.29) is 0 Å². The molecule has 0 aromatic rings. The first-order valence-corrected chi connectivity index (χ1v) is 3.85. The first-order valence-electron chi connectivity index (χ1n) is 3.85. The van der Waals surface area contributed by atoms with Crippen molar-refractivity contribution in [1.82, 2.24) is 0 Å². The minimum absolute atomic E-state index is 0.384. The SMILES string of the molecule is CC[C@H](C)C(N)C(C)C. The third-order valence-electron chi connectivity index (χ3n) is 2.07. The van der Waals surface area contributed by atoms with Crippen LogP contribution >= 0.6 is 0 Å². The normalized spacial score (nSPS) is 18.0. The van der Waals surface area contributed by atoms with Gasteiger partial charge in [0.2, 0.25) is 0 Å². The van der Waals surface area contributed by atoms with Gasteiger partial charge in [-0.15, -0.1) is 0 Å². The van der Waals surface area contributed by atoms with E-state index in [0.29, 0.717) is 17.9 Å². The molecule has 0 aromatic carbocycles. The summed E-state index contributed by atoms with van der Waals surface area (Å²) in [6.45, 7) is 8.76. The van der Waals surface area contributed by atoms with Crippen molar-refractivity contribution >= 4 is 0 Å². The maximum atomic E-state index is 5.87. The highest BCUT2D eigenvalue weighted by Crippen LogP contribution is 2.12. The molecule has 0 heterocycles. The van der Waals surface area contributed by atoms with Crippen LogP contribution in [0.25, 0.3) is 0 Å². The van der Waals surface area contributed by atoms with Gasteiger partial charge >= 0.3 is 0 Å². The summed E-state index contributed by atoms with van der Waals surface area (Å²) in [5.41, 5.74) is 5.87. The lowest BCUT2D eigenvalue weighted by Crippen LogP contribution is -2.32. The summed E-state index contributed by atoms with van der Waals surface area (Å²) in [7, 11) is 0. The molecule has 9 heavy (non-hydrogen) atoms. The molecule has 2 atom stereocenters. The van der Waals surface area contributed by atoms with Gasteiger partial charge in [0.1, 0.15) is 0 Å². The number of nitrogens with two attached hydrogens (primary N) is 1. The summed E-state index contributed by atoms with van der Waals surface area (Å²) in [5.74, 6) is 1.30. The fraction of sp³-hybridized carbons (Fsp3) is 1.00. The standard InChI is InChI=1S/C8H19N/c1-5-7(4)8(9)6(2)3/h6-8H,5,9H2,1-4H3/t7-,8?/m0/s1. The molecule has 0 aliphatic heterocycles. The number of hydrogen-bond donors (Lipinski definition) is 1. The molecule has 0 aromatic heterocycles. The Morgan fingerprint density at radius 2 is 1.67 bits per heavy atom. The Morgan fingerprint density at radius 1 is 1.22 bits per heavy atom. The average molecular weight is 129 g/mol. The van der Waals surface area contributed by atoms with Gasteiger partial charge in [-0.25, -0.2) is 0 Å². The van der Waals surface area contributed by atoms with E-state index in [1.165, 1.54) is 6.42 Å². The van der Waals surface area contributed by atoms with Crippen LogP contribution in [0.2, 0.25) is 0 Å². The van der Waals surface area contributed by atoms with Crippen LogP contribution in [-0.2, 0) is 0 Å². The van der Waals surface area contributed by atoms with Crippen LogP contribution in [0, 0.1) is 11.8 Å². The summed E-state index contributed by atoms with van der Waals surface area (Å²) in [6, 6.07) is 0.384. The fourth-order valence-electron chi connectivity index (χ4n) is 0.929. The molecule has 0 rings (SSSR count). The highest BCUT2D eigenvalue weighted by molar-refractivity contribution is 4.70. The van der Waals surface area contributed by atoms with E-state index >= 15 is 0 Å². The minimum Gasteiger partial charge on any atom is -0.327 e. The molecule has 0 bridgehead atoms. The van der Waals surface area contributed by atoms with Crippen molar-refractivity contribution in [1.29, 1.82) is 0 Å². The molecule has 0 fully saturated rings.